The van der Waals surface area contributed by atoms with Gasteiger partial charge in [0.25, 0.3) is 0 Å². The minimum absolute atomic E-state index is 0.458. The second-order valence-electron chi connectivity index (χ2n) is 14.0. The maximum absolute atomic E-state index is 5.17. The van der Waals surface area contributed by atoms with E-state index in [2.05, 4.69) is 181 Å². The van der Waals surface area contributed by atoms with E-state index in [1.807, 2.05) is 30.5 Å². The van der Waals surface area contributed by atoms with Gasteiger partial charge in [-0.05, 0) is 79.9 Å². The molecule has 7 aromatic carbocycles. The molecule has 2 aromatic heterocycles. The maximum atomic E-state index is 5.17. The maximum Gasteiger partial charge on any atom is 0.160 e. The standard InChI is InChI=1S/C52H35N3/c1-4-14-38(15-5-1)51-54-49(37-27-25-36(26-28-37)42-18-13-31-53-35-42)34-50(55-51)41-17-12-16-39(32-41)40-29-30-46-45-23-10-11-24-47(45)52(48(46)33-40,43-19-6-2-7-20-43)44-21-8-3-9-22-44/h1-35H. The monoisotopic (exact) mass is 701 g/mol. The zero-order valence-electron chi connectivity index (χ0n) is 30.0. The highest BCUT2D eigenvalue weighted by molar-refractivity contribution is 5.89. The van der Waals surface area contributed by atoms with Gasteiger partial charge in [-0.2, -0.15) is 0 Å². The van der Waals surface area contributed by atoms with Crippen LogP contribution in [0.25, 0.3) is 67.3 Å². The van der Waals surface area contributed by atoms with Gasteiger partial charge < -0.3 is 0 Å². The number of pyridine rings is 1. The molecule has 258 valence electrons. The molecule has 0 bridgehead atoms. The second kappa shape index (κ2) is 13.6. The van der Waals surface area contributed by atoms with Crippen LogP contribution in [0.2, 0.25) is 0 Å². The fourth-order valence-corrected chi connectivity index (χ4v) is 8.31. The van der Waals surface area contributed by atoms with Crippen molar-refractivity contribution in [3.05, 3.63) is 235 Å². The van der Waals surface area contributed by atoms with Gasteiger partial charge in [0.05, 0.1) is 16.8 Å². The summed E-state index contributed by atoms with van der Waals surface area (Å²) in [5.74, 6) is 0.695. The molecule has 10 rings (SSSR count). The van der Waals surface area contributed by atoms with Crippen LogP contribution in [0.1, 0.15) is 22.3 Å². The van der Waals surface area contributed by atoms with E-state index < -0.39 is 5.41 Å². The molecule has 0 saturated carbocycles. The number of benzene rings is 7. The molecule has 55 heavy (non-hydrogen) atoms. The quantitative estimate of drug-likeness (QED) is 0.166. The molecule has 0 N–H and O–H groups in total. The topological polar surface area (TPSA) is 38.7 Å². The molecular weight excluding hydrogens is 667 g/mol. The van der Waals surface area contributed by atoms with Crippen molar-refractivity contribution in [3.63, 3.8) is 0 Å². The Balaban J connectivity index is 1.11. The van der Waals surface area contributed by atoms with Crippen molar-refractivity contribution in [3.8, 4) is 67.3 Å². The first kappa shape index (κ1) is 32.4. The normalized spacial score (nSPS) is 12.5. The number of rotatable bonds is 7. The lowest BCUT2D eigenvalue weighted by atomic mass is 9.67. The fourth-order valence-electron chi connectivity index (χ4n) is 8.31. The lowest BCUT2D eigenvalue weighted by Crippen LogP contribution is -2.28. The lowest BCUT2D eigenvalue weighted by Gasteiger charge is -2.34. The minimum Gasteiger partial charge on any atom is -0.264 e. The Morgan fingerprint density at radius 2 is 0.873 bits per heavy atom. The summed E-state index contributed by atoms with van der Waals surface area (Å²) < 4.78 is 0. The third kappa shape index (κ3) is 5.65. The van der Waals surface area contributed by atoms with Crippen molar-refractivity contribution in [1.29, 1.82) is 0 Å². The van der Waals surface area contributed by atoms with Gasteiger partial charge in [-0.15, -0.1) is 0 Å². The smallest absolute Gasteiger partial charge is 0.160 e. The Hall–Kier alpha value is -7.23. The first-order valence-electron chi connectivity index (χ1n) is 18.7. The third-order valence-corrected chi connectivity index (χ3v) is 10.9. The van der Waals surface area contributed by atoms with Gasteiger partial charge in [-0.25, -0.2) is 9.97 Å². The molecule has 0 radical (unpaired) electrons. The van der Waals surface area contributed by atoms with E-state index in [4.69, 9.17) is 9.97 Å². The Labute approximate surface area is 321 Å². The van der Waals surface area contributed by atoms with Crippen LogP contribution >= 0.6 is 0 Å². The molecule has 0 saturated heterocycles. The van der Waals surface area contributed by atoms with Gasteiger partial charge in [-0.1, -0.05) is 176 Å². The summed E-state index contributed by atoms with van der Waals surface area (Å²) in [7, 11) is 0. The van der Waals surface area contributed by atoms with E-state index in [1.165, 1.54) is 33.4 Å². The van der Waals surface area contributed by atoms with Crippen LogP contribution in [0.3, 0.4) is 0 Å². The van der Waals surface area contributed by atoms with Crippen molar-refractivity contribution in [1.82, 2.24) is 15.0 Å². The summed E-state index contributed by atoms with van der Waals surface area (Å²) in [5.41, 5.74) is 16.5. The van der Waals surface area contributed by atoms with Gasteiger partial charge in [-0.3, -0.25) is 4.98 Å². The second-order valence-corrected chi connectivity index (χ2v) is 14.0. The van der Waals surface area contributed by atoms with Crippen LogP contribution in [0.15, 0.2) is 213 Å². The molecule has 0 aliphatic heterocycles. The molecule has 3 heteroatoms. The van der Waals surface area contributed by atoms with Crippen molar-refractivity contribution < 1.29 is 0 Å². The van der Waals surface area contributed by atoms with E-state index >= 15 is 0 Å². The number of nitrogens with zero attached hydrogens (tertiary/aromatic N) is 3. The fraction of sp³-hybridized carbons (Fsp3) is 0.0192. The number of fused-ring (bicyclic) bond motifs is 3. The summed E-state index contributed by atoms with van der Waals surface area (Å²) in [6.07, 6.45) is 3.69. The van der Waals surface area contributed by atoms with Crippen LogP contribution in [0, 0.1) is 0 Å². The molecular formula is C52H35N3. The van der Waals surface area contributed by atoms with Crippen LogP contribution in [-0.4, -0.2) is 15.0 Å². The van der Waals surface area contributed by atoms with Gasteiger partial charge in [0.1, 0.15) is 0 Å². The molecule has 0 fully saturated rings. The number of hydrogen-bond donors (Lipinski definition) is 0. The van der Waals surface area contributed by atoms with E-state index in [0.717, 1.165) is 50.3 Å². The molecule has 3 nitrogen and oxygen atoms in total. The van der Waals surface area contributed by atoms with E-state index in [1.54, 1.807) is 6.20 Å². The van der Waals surface area contributed by atoms with Gasteiger partial charge in [0.15, 0.2) is 5.82 Å². The lowest BCUT2D eigenvalue weighted by molar-refractivity contribution is 0.769. The van der Waals surface area contributed by atoms with E-state index in [9.17, 15) is 0 Å². The molecule has 0 amide bonds. The third-order valence-electron chi connectivity index (χ3n) is 10.9. The average molecular weight is 702 g/mol. The molecule has 9 aromatic rings. The summed E-state index contributed by atoms with van der Waals surface area (Å²) in [6.45, 7) is 0. The molecule has 0 spiro atoms. The Kier molecular flexibility index (Phi) is 8.04. The van der Waals surface area contributed by atoms with Crippen LogP contribution < -0.4 is 0 Å². The largest absolute Gasteiger partial charge is 0.264 e. The zero-order valence-corrected chi connectivity index (χ0v) is 30.0. The molecule has 0 unspecified atom stereocenters. The highest BCUT2D eigenvalue weighted by Crippen LogP contribution is 2.56. The summed E-state index contributed by atoms with van der Waals surface area (Å²) in [5, 5.41) is 0. The summed E-state index contributed by atoms with van der Waals surface area (Å²) in [4.78, 5) is 14.6. The summed E-state index contributed by atoms with van der Waals surface area (Å²) in [6, 6.07) is 71.5. The molecule has 0 atom stereocenters. The van der Waals surface area contributed by atoms with Crippen molar-refractivity contribution in [2.45, 2.75) is 5.41 Å². The SMILES string of the molecule is c1ccc(-c2nc(-c3ccc(-c4cccnc4)cc3)cc(-c3cccc(-c4ccc5c(c4)C(c4ccccc4)(c4ccccc4)c4ccccc4-5)c3)n2)cc1. The van der Waals surface area contributed by atoms with Crippen LogP contribution in [-0.2, 0) is 5.41 Å². The summed E-state index contributed by atoms with van der Waals surface area (Å²) >= 11 is 0. The first-order chi connectivity index (χ1) is 27.3. The van der Waals surface area contributed by atoms with E-state index in [-0.39, 0.29) is 0 Å². The van der Waals surface area contributed by atoms with Crippen molar-refractivity contribution in [2.75, 3.05) is 0 Å². The predicted octanol–water partition coefficient (Wildman–Crippen LogP) is 12.6. The highest BCUT2D eigenvalue weighted by atomic mass is 14.9. The zero-order chi connectivity index (χ0) is 36.6. The van der Waals surface area contributed by atoms with E-state index in [0.29, 0.717) is 5.82 Å². The van der Waals surface area contributed by atoms with Gasteiger partial charge >= 0.3 is 0 Å². The Morgan fingerprint density at radius 3 is 1.58 bits per heavy atom. The Morgan fingerprint density at radius 1 is 0.327 bits per heavy atom. The van der Waals surface area contributed by atoms with Crippen LogP contribution in [0.4, 0.5) is 0 Å². The molecule has 1 aliphatic rings. The molecule has 2 heterocycles. The number of aromatic nitrogens is 3. The highest BCUT2D eigenvalue weighted by Gasteiger charge is 2.46. The van der Waals surface area contributed by atoms with Crippen molar-refractivity contribution in [2.24, 2.45) is 0 Å². The minimum atomic E-state index is -0.458. The van der Waals surface area contributed by atoms with Gasteiger partial charge in [0.2, 0.25) is 0 Å². The predicted molar refractivity (Wildman–Crippen MR) is 224 cm³/mol. The van der Waals surface area contributed by atoms with Crippen LogP contribution in [0.5, 0.6) is 0 Å². The van der Waals surface area contributed by atoms with Gasteiger partial charge in [0, 0.05) is 29.1 Å². The number of hydrogen-bond acceptors (Lipinski definition) is 3. The first-order valence-corrected chi connectivity index (χ1v) is 18.7. The Bertz CT molecular complexity index is 2740. The molecule has 1 aliphatic carbocycles. The average Bonchev–Trinajstić information content (AvgIpc) is 3.58. The van der Waals surface area contributed by atoms with Crippen molar-refractivity contribution >= 4 is 0 Å².